The zero-order chi connectivity index (χ0) is 38.2. The van der Waals surface area contributed by atoms with E-state index in [9.17, 15) is 14.7 Å². The molecule has 296 valence electrons. The van der Waals surface area contributed by atoms with Crippen molar-refractivity contribution in [1.82, 2.24) is 14.7 Å². The Hall–Kier alpha value is -1.92. The molecular formula is C42H71N3O7. The van der Waals surface area contributed by atoms with Crippen LogP contribution in [0.4, 0.5) is 0 Å². The second kappa shape index (κ2) is 19.1. The number of cyclic esters (lactones) is 1. The number of piperidine rings is 1. The van der Waals surface area contributed by atoms with E-state index in [2.05, 4.69) is 54.0 Å². The number of carbonyl (C=O) groups excluding carboxylic acids is 2. The number of carbonyl (C=O) groups is 2. The van der Waals surface area contributed by atoms with Gasteiger partial charge in [0.25, 0.3) is 0 Å². The van der Waals surface area contributed by atoms with Gasteiger partial charge in [-0.05, 0) is 124 Å². The van der Waals surface area contributed by atoms with Crippen LogP contribution in [0.1, 0.15) is 92.6 Å². The van der Waals surface area contributed by atoms with E-state index in [1.165, 1.54) is 5.56 Å². The van der Waals surface area contributed by atoms with Crippen molar-refractivity contribution in [3.05, 3.63) is 35.9 Å². The van der Waals surface area contributed by atoms with Crippen LogP contribution in [-0.4, -0.2) is 134 Å². The van der Waals surface area contributed by atoms with E-state index in [1.807, 2.05) is 39.8 Å². The molecule has 0 radical (unpaired) electrons. The Labute approximate surface area is 314 Å². The zero-order valence-corrected chi connectivity index (χ0v) is 34.0. The van der Waals surface area contributed by atoms with Gasteiger partial charge in [-0.25, -0.2) is 0 Å². The number of aliphatic hydroxyl groups is 1. The first kappa shape index (κ1) is 42.8. The third-order valence-corrected chi connectivity index (χ3v) is 12.2. The molecule has 0 saturated carbocycles. The average Bonchev–Trinajstić information content (AvgIpc) is 3.12. The maximum absolute atomic E-state index is 14.4. The normalized spacial score (nSPS) is 35.1. The van der Waals surface area contributed by atoms with Gasteiger partial charge in [-0.15, -0.1) is 0 Å². The standard InChI is InChI=1S/C42H71N3O7/c1-11-20-45-27-29(2)26-42(7,49-10)38(52-39-36(46)35(43(8)9)24-30(3)51-39)31(4)37(47)41(5,6)40(48)50-28-34(45)25-33-18-22-44(23-19-33)21-17-32-15-13-12-14-16-32/h12-16,29-31,33-36,38-39,46H,11,17-28H2,1-10H3/t29-,30-,31+,34-,35?,36-,38-,39+,42-/m1/s1. The van der Waals surface area contributed by atoms with Crippen molar-refractivity contribution in [2.24, 2.45) is 23.2 Å². The van der Waals surface area contributed by atoms with Gasteiger partial charge < -0.3 is 33.9 Å². The molecule has 3 aliphatic rings. The zero-order valence-electron chi connectivity index (χ0n) is 34.0. The SMILES string of the molecule is CCCN1C[C@H](C)C[C@@](C)(OC)[C@H](O[C@@H]2O[C@H](C)CC(N(C)C)[C@H]2O)[C@@H](C)C(=O)C(C)(C)C(=O)OC[C@H]1CC1CCN(CCc2ccccc2)CC1. The third kappa shape index (κ3) is 10.9. The van der Waals surface area contributed by atoms with E-state index < -0.39 is 41.4 Å². The van der Waals surface area contributed by atoms with Crippen LogP contribution in [0.5, 0.6) is 0 Å². The molecule has 10 nitrogen and oxygen atoms in total. The summed E-state index contributed by atoms with van der Waals surface area (Å²) in [7, 11) is 5.54. The number of esters is 1. The lowest BCUT2D eigenvalue weighted by atomic mass is 9.74. The van der Waals surface area contributed by atoms with Crippen LogP contribution in [0, 0.1) is 23.2 Å². The lowest BCUT2D eigenvalue weighted by Gasteiger charge is -2.47. The molecule has 10 heteroatoms. The molecule has 1 aromatic carbocycles. The van der Waals surface area contributed by atoms with E-state index >= 15 is 0 Å². The first-order valence-electron chi connectivity index (χ1n) is 20.0. The van der Waals surface area contributed by atoms with Crippen LogP contribution in [-0.2, 0) is 35.0 Å². The molecule has 1 N–H and O–H groups in total. The number of ketones is 1. The van der Waals surface area contributed by atoms with Crippen molar-refractivity contribution in [3.8, 4) is 0 Å². The Morgan fingerprint density at radius 3 is 2.31 bits per heavy atom. The summed E-state index contributed by atoms with van der Waals surface area (Å²) < 4.78 is 25.4. The van der Waals surface area contributed by atoms with Crippen LogP contribution < -0.4 is 0 Å². The number of rotatable bonds is 11. The molecule has 3 fully saturated rings. The minimum Gasteiger partial charge on any atom is -0.463 e. The number of benzene rings is 1. The number of likely N-dealkylation sites (tertiary alicyclic amines) is 1. The number of nitrogens with zero attached hydrogens (tertiary/aromatic N) is 3. The highest BCUT2D eigenvalue weighted by atomic mass is 16.7. The molecule has 52 heavy (non-hydrogen) atoms. The summed E-state index contributed by atoms with van der Waals surface area (Å²) in [5.41, 5.74) is -0.948. The minimum atomic E-state index is -1.41. The highest BCUT2D eigenvalue weighted by molar-refractivity contribution is 6.04. The van der Waals surface area contributed by atoms with Gasteiger partial charge in [0.1, 0.15) is 18.1 Å². The number of aliphatic hydroxyl groups excluding tert-OH is 1. The van der Waals surface area contributed by atoms with Gasteiger partial charge in [-0.2, -0.15) is 0 Å². The Morgan fingerprint density at radius 2 is 1.69 bits per heavy atom. The molecule has 3 saturated heterocycles. The predicted molar refractivity (Wildman–Crippen MR) is 205 cm³/mol. The fourth-order valence-electron chi connectivity index (χ4n) is 9.02. The maximum atomic E-state index is 14.4. The smallest absolute Gasteiger partial charge is 0.319 e. The fourth-order valence-corrected chi connectivity index (χ4v) is 9.02. The summed E-state index contributed by atoms with van der Waals surface area (Å²) in [6.07, 6.45) is 3.68. The minimum absolute atomic E-state index is 0.0485. The van der Waals surface area contributed by atoms with E-state index in [0.717, 1.165) is 64.8 Å². The molecule has 0 spiro atoms. The molecule has 0 aromatic heterocycles. The lowest BCUT2D eigenvalue weighted by Crippen LogP contribution is -2.59. The molecule has 0 bridgehead atoms. The van der Waals surface area contributed by atoms with Crippen molar-refractivity contribution in [1.29, 1.82) is 0 Å². The fraction of sp³-hybridized carbons (Fsp3) is 0.810. The summed E-state index contributed by atoms with van der Waals surface area (Å²) in [5, 5.41) is 11.4. The molecule has 1 unspecified atom stereocenters. The molecule has 9 atom stereocenters. The van der Waals surface area contributed by atoms with Crippen molar-refractivity contribution >= 4 is 11.8 Å². The number of likely N-dealkylation sites (N-methyl/N-ethyl adjacent to an activating group) is 1. The second-order valence-corrected chi connectivity index (χ2v) is 17.2. The maximum Gasteiger partial charge on any atom is 0.319 e. The molecule has 3 aliphatic heterocycles. The Bertz CT molecular complexity index is 1260. The summed E-state index contributed by atoms with van der Waals surface area (Å²) in [6.45, 7) is 18.7. The Balaban J connectivity index is 1.56. The predicted octanol–water partition coefficient (Wildman–Crippen LogP) is 5.44. The number of methoxy groups -OCH3 is 1. The highest BCUT2D eigenvalue weighted by Crippen LogP contribution is 2.39. The largest absolute Gasteiger partial charge is 0.463 e. The molecular weight excluding hydrogens is 658 g/mol. The number of ether oxygens (including phenoxy) is 4. The van der Waals surface area contributed by atoms with Crippen molar-refractivity contribution in [2.75, 3.05) is 60.5 Å². The van der Waals surface area contributed by atoms with Crippen LogP contribution in [0.15, 0.2) is 30.3 Å². The van der Waals surface area contributed by atoms with E-state index in [4.69, 9.17) is 18.9 Å². The monoisotopic (exact) mass is 730 g/mol. The van der Waals surface area contributed by atoms with Crippen LogP contribution in [0.25, 0.3) is 0 Å². The average molecular weight is 730 g/mol. The summed E-state index contributed by atoms with van der Waals surface area (Å²) >= 11 is 0. The van der Waals surface area contributed by atoms with Crippen molar-refractivity contribution in [3.63, 3.8) is 0 Å². The van der Waals surface area contributed by atoms with Crippen molar-refractivity contribution < 1.29 is 33.6 Å². The molecule has 0 aliphatic carbocycles. The van der Waals surface area contributed by atoms with Gasteiger partial charge in [-0.3, -0.25) is 14.5 Å². The van der Waals surface area contributed by atoms with Gasteiger partial charge in [0.15, 0.2) is 12.1 Å². The lowest BCUT2D eigenvalue weighted by molar-refractivity contribution is -0.295. The van der Waals surface area contributed by atoms with Gasteiger partial charge in [0, 0.05) is 38.2 Å². The van der Waals surface area contributed by atoms with Gasteiger partial charge in [-0.1, -0.05) is 51.1 Å². The van der Waals surface area contributed by atoms with Gasteiger partial charge in [0.05, 0.1) is 17.8 Å². The number of hydrogen-bond donors (Lipinski definition) is 1. The second-order valence-electron chi connectivity index (χ2n) is 17.2. The van der Waals surface area contributed by atoms with Crippen LogP contribution in [0.3, 0.4) is 0 Å². The molecule has 0 amide bonds. The summed E-state index contributed by atoms with van der Waals surface area (Å²) in [4.78, 5) is 35.4. The summed E-state index contributed by atoms with van der Waals surface area (Å²) in [5.74, 6) is -0.829. The van der Waals surface area contributed by atoms with Crippen molar-refractivity contribution in [2.45, 2.75) is 136 Å². The first-order valence-corrected chi connectivity index (χ1v) is 20.0. The topological polar surface area (TPSA) is 101 Å². The highest BCUT2D eigenvalue weighted by Gasteiger charge is 2.51. The van der Waals surface area contributed by atoms with Gasteiger partial charge >= 0.3 is 5.97 Å². The van der Waals surface area contributed by atoms with E-state index in [0.29, 0.717) is 18.8 Å². The number of hydrogen-bond acceptors (Lipinski definition) is 10. The van der Waals surface area contributed by atoms with E-state index in [1.54, 1.807) is 21.0 Å². The molecule has 1 aromatic rings. The van der Waals surface area contributed by atoms with Crippen LogP contribution in [0.2, 0.25) is 0 Å². The number of Topliss-reactive ketones (excluding diaryl/α,β-unsaturated/α-hetero) is 1. The van der Waals surface area contributed by atoms with Crippen LogP contribution >= 0.6 is 0 Å². The molecule has 4 rings (SSSR count). The Kier molecular flexibility index (Phi) is 15.7. The third-order valence-electron chi connectivity index (χ3n) is 12.2. The summed E-state index contributed by atoms with van der Waals surface area (Å²) in [6, 6.07) is 10.6. The quantitative estimate of drug-likeness (QED) is 0.234. The van der Waals surface area contributed by atoms with Gasteiger partial charge in [0.2, 0.25) is 0 Å². The Morgan fingerprint density at radius 1 is 1.02 bits per heavy atom. The van der Waals surface area contributed by atoms with E-state index in [-0.39, 0.29) is 36.5 Å². The molecule has 3 heterocycles. The first-order chi connectivity index (χ1) is 24.6.